The lowest BCUT2D eigenvalue weighted by Gasteiger charge is -2.04. The third-order valence-corrected chi connectivity index (χ3v) is 2.47. The highest BCUT2D eigenvalue weighted by atomic mass is 35.5. The van der Waals surface area contributed by atoms with Crippen LogP contribution >= 0.6 is 12.4 Å². The lowest BCUT2D eigenvalue weighted by molar-refractivity contribution is 0.418. The fraction of sp³-hybridized carbons (Fsp3) is 0.333. The van der Waals surface area contributed by atoms with E-state index in [1.54, 1.807) is 0 Å². The van der Waals surface area contributed by atoms with Crippen molar-refractivity contribution in [1.82, 2.24) is 15.5 Å². The van der Waals surface area contributed by atoms with Crippen molar-refractivity contribution >= 4 is 12.4 Å². The fourth-order valence-corrected chi connectivity index (χ4v) is 1.41. The predicted octanol–water partition coefficient (Wildman–Crippen LogP) is 2.31. The van der Waals surface area contributed by atoms with Gasteiger partial charge >= 0.3 is 0 Å². The molecule has 1 unspecified atom stereocenters. The van der Waals surface area contributed by atoms with Gasteiger partial charge in [0.1, 0.15) is 0 Å². The van der Waals surface area contributed by atoms with E-state index in [4.69, 9.17) is 4.52 Å². The smallest absolute Gasteiger partial charge is 0.257 e. The van der Waals surface area contributed by atoms with Gasteiger partial charge in [0.05, 0.1) is 0 Å². The Hall–Kier alpha value is -1.39. The van der Waals surface area contributed by atoms with Crippen molar-refractivity contribution in [1.29, 1.82) is 0 Å². The second-order valence-corrected chi connectivity index (χ2v) is 3.78. The van der Waals surface area contributed by atoms with Gasteiger partial charge in [-0.25, -0.2) is 0 Å². The summed E-state index contributed by atoms with van der Waals surface area (Å²) in [5.74, 6) is 1.32. The number of hydrogen-bond donors (Lipinski definition) is 1. The Morgan fingerprint density at radius 2 is 2.00 bits per heavy atom. The molecule has 0 saturated heterocycles. The van der Waals surface area contributed by atoms with Crippen molar-refractivity contribution in [3.05, 3.63) is 36.2 Å². The molecule has 2 aromatic rings. The number of hydrogen-bond acceptors (Lipinski definition) is 4. The highest BCUT2D eigenvalue weighted by molar-refractivity contribution is 5.85. The van der Waals surface area contributed by atoms with Crippen LogP contribution in [0.1, 0.15) is 12.7 Å². The summed E-state index contributed by atoms with van der Waals surface area (Å²) in [5.41, 5.74) is 0.957. The van der Waals surface area contributed by atoms with E-state index < -0.39 is 0 Å². The predicted molar refractivity (Wildman–Crippen MR) is 69.2 cm³/mol. The first-order chi connectivity index (χ1) is 7.79. The number of aromatic nitrogens is 2. The summed E-state index contributed by atoms with van der Waals surface area (Å²) in [4.78, 5) is 4.35. The van der Waals surface area contributed by atoms with Gasteiger partial charge in [0.2, 0.25) is 0 Å². The van der Waals surface area contributed by atoms with Crippen LogP contribution < -0.4 is 5.32 Å². The molecule has 1 heterocycles. The van der Waals surface area contributed by atoms with Gasteiger partial charge in [0.25, 0.3) is 5.89 Å². The fourth-order valence-electron chi connectivity index (χ4n) is 1.41. The van der Waals surface area contributed by atoms with Crippen molar-refractivity contribution < 1.29 is 4.52 Å². The zero-order valence-corrected chi connectivity index (χ0v) is 10.7. The minimum atomic E-state index is 0. The molecular formula is C12H16ClN3O. The van der Waals surface area contributed by atoms with E-state index in [2.05, 4.69) is 22.4 Å². The zero-order chi connectivity index (χ0) is 11.4. The molecule has 1 aromatic heterocycles. The van der Waals surface area contributed by atoms with Crippen LogP contribution in [0.3, 0.4) is 0 Å². The molecule has 0 bridgehead atoms. The van der Waals surface area contributed by atoms with Crippen LogP contribution in [0, 0.1) is 0 Å². The van der Waals surface area contributed by atoms with Crippen molar-refractivity contribution in [2.75, 3.05) is 7.05 Å². The zero-order valence-electron chi connectivity index (χ0n) is 9.88. The molecule has 0 aliphatic heterocycles. The second-order valence-electron chi connectivity index (χ2n) is 3.78. The van der Waals surface area contributed by atoms with Crippen molar-refractivity contribution in [2.45, 2.75) is 19.4 Å². The van der Waals surface area contributed by atoms with Gasteiger partial charge in [-0.15, -0.1) is 12.4 Å². The molecule has 0 fully saturated rings. The van der Waals surface area contributed by atoms with E-state index in [0.717, 1.165) is 17.8 Å². The van der Waals surface area contributed by atoms with Crippen molar-refractivity contribution in [3.8, 4) is 11.5 Å². The Balaban J connectivity index is 0.00000144. The average molecular weight is 254 g/mol. The summed E-state index contributed by atoms with van der Waals surface area (Å²) < 4.78 is 5.21. The maximum Gasteiger partial charge on any atom is 0.257 e. The molecule has 92 valence electrons. The Bertz CT molecular complexity index is 444. The van der Waals surface area contributed by atoms with E-state index in [1.165, 1.54) is 0 Å². The van der Waals surface area contributed by atoms with E-state index in [9.17, 15) is 0 Å². The monoisotopic (exact) mass is 253 g/mol. The lowest BCUT2D eigenvalue weighted by Crippen LogP contribution is -2.24. The summed E-state index contributed by atoms with van der Waals surface area (Å²) in [6.45, 7) is 2.08. The molecule has 0 amide bonds. The number of nitrogens with zero attached hydrogens (tertiary/aromatic N) is 2. The number of benzene rings is 1. The van der Waals surface area contributed by atoms with Gasteiger partial charge in [0, 0.05) is 18.0 Å². The quantitative estimate of drug-likeness (QED) is 0.909. The van der Waals surface area contributed by atoms with Crippen LogP contribution in [0.5, 0.6) is 0 Å². The third-order valence-electron chi connectivity index (χ3n) is 2.47. The highest BCUT2D eigenvalue weighted by Crippen LogP contribution is 2.16. The van der Waals surface area contributed by atoms with E-state index in [-0.39, 0.29) is 12.4 Å². The molecule has 0 spiro atoms. The topological polar surface area (TPSA) is 51.0 Å². The van der Waals surface area contributed by atoms with Gasteiger partial charge in [-0.1, -0.05) is 23.4 Å². The Morgan fingerprint density at radius 1 is 1.29 bits per heavy atom. The molecule has 1 atom stereocenters. The van der Waals surface area contributed by atoms with E-state index in [0.29, 0.717) is 11.9 Å². The third kappa shape index (κ3) is 3.54. The largest absolute Gasteiger partial charge is 0.334 e. The molecule has 5 heteroatoms. The number of nitrogens with one attached hydrogen (secondary N) is 1. The van der Waals surface area contributed by atoms with E-state index in [1.807, 2.05) is 37.4 Å². The number of rotatable bonds is 4. The maximum absolute atomic E-state index is 5.21. The molecule has 0 aliphatic carbocycles. The number of halogens is 1. The van der Waals surface area contributed by atoms with Crippen molar-refractivity contribution in [3.63, 3.8) is 0 Å². The molecule has 4 nitrogen and oxygen atoms in total. The molecule has 1 aromatic carbocycles. The first kappa shape index (κ1) is 13.7. The van der Waals surface area contributed by atoms with E-state index >= 15 is 0 Å². The van der Waals surface area contributed by atoms with Crippen LogP contribution in [0.4, 0.5) is 0 Å². The minimum absolute atomic E-state index is 0. The van der Waals surface area contributed by atoms with Crippen LogP contribution in [-0.2, 0) is 6.42 Å². The lowest BCUT2D eigenvalue weighted by atomic mass is 10.2. The first-order valence-corrected chi connectivity index (χ1v) is 5.35. The Labute approximate surface area is 107 Å². The van der Waals surface area contributed by atoms with Gasteiger partial charge in [-0.05, 0) is 26.1 Å². The van der Waals surface area contributed by atoms with Crippen molar-refractivity contribution in [2.24, 2.45) is 0 Å². The first-order valence-electron chi connectivity index (χ1n) is 5.35. The summed E-state index contributed by atoms with van der Waals surface area (Å²) in [6, 6.07) is 10.1. The average Bonchev–Trinajstić information content (AvgIpc) is 2.78. The summed E-state index contributed by atoms with van der Waals surface area (Å²) >= 11 is 0. The summed E-state index contributed by atoms with van der Waals surface area (Å²) in [5, 5.41) is 7.10. The summed E-state index contributed by atoms with van der Waals surface area (Å²) in [7, 11) is 1.92. The van der Waals surface area contributed by atoms with Crippen LogP contribution in [0.25, 0.3) is 11.5 Å². The van der Waals surface area contributed by atoms with Gasteiger partial charge in [-0.3, -0.25) is 0 Å². The summed E-state index contributed by atoms with van der Waals surface area (Å²) in [6.07, 6.45) is 0.771. The van der Waals surface area contributed by atoms with Gasteiger partial charge in [0.15, 0.2) is 5.82 Å². The molecular weight excluding hydrogens is 238 g/mol. The SMILES string of the molecule is CNC(C)Cc1noc(-c2ccccc2)n1.Cl. The van der Waals surface area contributed by atoms with Crippen LogP contribution in [-0.4, -0.2) is 23.2 Å². The van der Waals surface area contributed by atoms with Gasteiger partial charge < -0.3 is 9.84 Å². The molecule has 2 rings (SSSR count). The Morgan fingerprint density at radius 3 is 2.65 bits per heavy atom. The highest BCUT2D eigenvalue weighted by Gasteiger charge is 2.10. The molecule has 0 saturated carbocycles. The normalized spacial score (nSPS) is 11.9. The van der Waals surface area contributed by atoms with Crippen LogP contribution in [0.15, 0.2) is 34.9 Å². The molecule has 17 heavy (non-hydrogen) atoms. The number of likely N-dealkylation sites (N-methyl/N-ethyl adjacent to an activating group) is 1. The molecule has 0 aliphatic rings. The second kappa shape index (κ2) is 6.37. The Kier molecular flexibility index (Phi) is 5.12. The maximum atomic E-state index is 5.21. The molecule has 0 radical (unpaired) electrons. The molecule has 1 N–H and O–H groups in total. The minimum Gasteiger partial charge on any atom is -0.334 e. The van der Waals surface area contributed by atoms with Gasteiger partial charge in [-0.2, -0.15) is 4.98 Å². The van der Waals surface area contributed by atoms with Crippen LogP contribution in [0.2, 0.25) is 0 Å². The standard InChI is InChI=1S/C12H15N3O.ClH/c1-9(13-2)8-11-14-12(16-15-11)10-6-4-3-5-7-10;/h3-7,9,13H,8H2,1-2H3;1H.